The van der Waals surface area contributed by atoms with E-state index < -0.39 is 0 Å². The first-order valence-electron chi connectivity index (χ1n) is 3.48. The molecule has 1 heterocycles. The molecular formula is C8H8N2O. The first-order valence-corrected chi connectivity index (χ1v) is 3.48. The summed E-state index contributed by atoms with van der Waals surface area (Å²) in [6.07, 6.45) is 1.47. The molecule has 0 N–H and O–H groups in total. The Morgan fingerprint density at radius 3 is 2.18 bits per heavy atom. The molecule has 1 fully saturated rings. The summed E-state index contributed by atoms with van der Waals surface area (Å²) in [7, 11) is 0. The second-order valence-corrected chi connectivity index (χ2v) is 2.31. The van der Waals surface area contributed by atoms with Crippen LogP contribution in [-0.2, 0) is 4.74 Å². The number of ether oxygens (including phenoxy) is 1. The Balaban J connectivity index is 2.77. The second kappa shape index (κ2) is 3.75. The Bertz CT molecular complexity index is 230. The van der Waals surface area contributed by atoms with E-state index in [4.69, 9.17) is 15.3 Å². The van der Waals surface area contributed by atoms with Crippen LogP contribution in [0.5, 0.6) is 0 Å². The third-order valence-corrected chi connectivity index (χ3v) is 1.67. The number of nitriles is 2. The van der Waals surface area contributed by atoms with Crippen molar-refractivity contribution in [1.29, 1.82) is 10.5 Å². The molecule has 0 spiro atoms. The molecule has 0 unspecified atom stereocenters. The van der Waals surface area contributed by atoms with Gasteiger partial charge in [0.1, 0.15) is 17.7 Å². The zero-order valence-electron chi connectivity index (χ0n) is 6.13. The molecule has 0 atom stereocenters. The summed E-state index contributed by atoms with van der Waals surface area (Å²) < 4.78 is 5.09. The highest BCUT2D eigenvalue weighted by Gasteiger charge is 2.10. The van der Waals surface area contributed by atoms with Gasteiger partial charge < -0.3 is 4.74 Å². The quantitative estimate of drug-likeness (QED) is 0.484. The van der Waals surface area contributed by atoms with Crippen molar-refractivity contribution in [2.24, 2.45) is 0 Å². The van der Waals surface area contributed by atoms with Crippen LogP contribution in [0.15, 0.2) is 11.1 Å². The fourth-order valence-electron chi connectivity index (χ4n) is 1.05. The lowest BCUT2D eigenvalue weighted by molar-refractivity contribution is 0.119. The van der Waals surface area contributed by atoms with Gasteiger partial charge in [-0.25, -0.2) is 0 Å². The zero-order valence-corrected chi connectivity index (χ0v) is 6.13. The molecule has 11 heavy (non-hydrogen) atoms. The SMILES string of the molecule is N#CC(C#N)=C1CCOCC1. The number of allylic oxidation sites excluding steroid dienone is 1. The van der Waals surface area contributed by atoms with E-state index in [2.05, 4.69) is 0 Å². The maximum Gasteiger partial charge on any atom is 0.129 e. The van der Waals surface area contributed by atoms with Gasteiger partial charge in [-0.3, -0.25) is 0 Å². The normalized spacial score (nSPS) is 16.7. The maximum absolute atomic E-state index is 8.51. The third-order valence-electron chi connectivity index (χ3n) is 1.67. The Kier molecular flexibility index (Phi) is 2.66. The van der Waals surface area contributed by atoms with Crippen molar-refractivity contribution in [2.75, 3.05) is 13.2 Å². The smallest absolute Gasteiger partial charge is 0.129 e. The van der Waals surface area contributed by atoms with E-state index in [1.807, 2.05) is 12.1 Å². The molecule has 1 rings (SSSR count). The van der Waals surface area contributed by atoms with Gasteiger partial charge in [0.15, 0.2) is 0 Å². The van der Waals surface area contributed by atoms with Crippen molar-refractivity contribution in [1.82, 2.24) is 0 Å². The lowest BCUT2D eigenvalue weighted by atomic mass is 10.0. The Morgan fingerprint density at radius 2 is 1.73 bits per heavy atom. The van der Waals surface area contributed by atoms with Crippen molar-refractivity contribution in [3.63, 3.8) is 0 Å². The summed E-state index contributed by atoms with van der Waals surface area (Å²) in [5, 5.41) is 17.0. The molecule has 0 amide bonds. The van der Waals surface area contributed by atoms with Gasteiger partial charge >= 0.3 is 0 Å². The van der Waals surface area contributed by atoms with Gasteiger partial charge in [0, 0.05) is 0 Å². The van der Waals surface area contributed by atoms with Crippen LogP contribution >= 0.6 is 0 Å². The van der Waals surface area contributed by atoms with Crippen molar-refractivity contribution in [3.8, 4) is 12.1 Å². The van der Waals surface area contributed by atoms with Crippen molar-refractivity contribution < 1.29 is 4.74 Å². The van der Waals surface area contributed by atoms with Crippen LogP contribution in [-0.4, -0.2) is 13.2 Å². The largest absolute Gasteiger partial charge is 0.381 e. The number of hydrogen-bond acceptors (Lipinski definition) is 3. The lowest BCUT2D eigenvalue weighted by Crippen LogP contribution is -2.08. The van der Waals surface area contributed by atoms with Gasteiger partial charge in [-0.05, 0) is 18.4 Å². The van der Waals surface area contributed by atoms with Crippen LogP contribution in [0.4, 0.5) is 0 Å². The molecule has 0 aliphatic carbocycles. The Hall–Kier alpha value is -1.32. The van der Waals surface area contributed by atoms with Crippen molar-refractivity contribution in [2.45, 2.75) is 12.8 Å². The number of hydrogen-bond donors (Lipinski definition) is 0. The van der Waals surface area contributed by atoms with E-state index >= 15 is 0 Å². The van der Waals surface area contributed by atoms with Gasteiger partial charge in [-0.1, -0.05) is 0 Å². The van der Waals surface area contributed by atoms with Crippen LogP contribution in [0.2, 0.25) is 0 Å². The summed E-state index contributed by atoms with van der Waals surface area (Å²) in [5.41, 5.74) is 1.22. The van der Waals surface area contributed by atoms with E-state index in [0.29, 0.717) is 13.2 Å². The molecule has 3 nitrogen and oxygen atoms in total. The summed E-state index contributed by atoms with van der Waals surface area (Å²) in [4.78, 5) is 0. The highest BCUT2D eigenvalue weighted by molar-refractivity contribution is 5.40. The van der Waals surface area contributed by atoms with E-state index in [0.717, 1.165) is 18.4 Å². The topological polar surface area (TPSA) is 56.8 Å². The molecule has 0 aromatic rings. The molecule has 56 valence electrons. The first kappa shape index (κ1) is 7.78. The number of nitrogens with zero attached hydrogens (tertiary/aromatic N) is 2. The maximum atomic E-state index is 8.51. The predicted molar refractivity (Wildman–Crippen MR) is 38.3 cm³/mol. The number of rotatable bonds is 0. The van der Waals surface area contributed by atoms with Crippen LogP contribution < -0.4 is 0 Å². The standard InChI is InChI=1S/C8H8N2O/c9-5-8(6-10)7-1-3-11-4-2-7/h1-4H2. The van der Waals surface area contributed by atoms with Gasteiger partial charge in [0.05, 0.1) is 13.2 Å². The van der Waals surface area contributed by atoms with Crippen LogP contribution in [0.1, 0.15) is 12.8 Å². The minimum absolute atomic E-state index is 0.272. The fourth-order valence-corrected chi connectivity index (χ4v) is 1.05. The monoisotopic (exact) mass is 148 g/mol. The van der Waals surface area contributed by atoms with E-state index in [-0.39, 0.29) is 5.57 Å². The highest BCUT2D eigenvalue weighted by Crippen LogP contribution is 2.16. The average Bonchev–Trinajstić information content (AvgIpc) is 2.09. The van der Waals surface area contributed by atoms with Gasteiger partial charge in [-0.15, -0.1) is 0 Å². The van der Waals surface area contributed by atoms with E-state index in [9.17, 15) is 0 Å². The van der Waals surface area contributed by atoms with Gasteiger partial charge in [-0.2, -0.15) is 10.5 Å². The fraction of sp³-hybridized carbons (Fsp3) is 0.500. The average molecular weight is 148 g/mol. The first-order chi connectivity index (χ1) is 5.38. The molecule has 0 bridgehead atoms. The van der Waals surface area contributed by atoms with E-state index in [1.165, 1.54) is 0 Å². The summed E-state index contributed by atoms with van der Waals surface area (Å²) in [6, 6.07) is 3.77. The Morgan fingerprint density at radius 1 is 1.18 bits per heavy atom. The highest BCUT2D eigenvalue weighted by atomic mass is 16.5. The molecule has 3 heteroatoms. The van der Waals surface area contributed by atoms with Crippen LogP contribution in [0.25, 0.3) is 0 Å². The van der Waals surface area contributed by atoms with Gasteiger partial charge in [0.25, 0.3) is 0 Å². The second-order valence-electron chi connectivity index (χ2n) is 2.31. The molecule has 1 saturated heterocycles. The van der Waals surface area contributed by atoms with Crippen LogP contribution in [0.3, 0.4) is 0 Å². The van der Waals surface area contributed by atoms with Gasteiger partial charge in [0.2, 0.25) is 0 Å². The zero-order chi connectivity index (χ0) is 8.10. The van der Waals surface area contributed by atoms with Crippen LogP contribution in [0, 0.1) is 22.7 Å². The molecule has 1 aliphatic heterocycles. The molecule has 0 aromatic carbocycles. The third kappa shape index (κ3) is 1.80. The summed E-state index contributed by atoms with van der Waals surface area (Å²) in [6.45, 7) is 1.28. The molecule has 1 aliphatic rings. The molecule has 0 aromatic heterocycles. The van der Waals surface area contributed by atoms with Crippen molar-refractivity contribution >= 4 is 0 Å². The summed E-state index contributed by atoms with van der Waals surface area (Å²) in [5.74, 6) is 0. The minimum atomic E-state index is 0.272. The van der Waals surface area contributed by atoms with E-state index in [1.54, 1.807) is 0 Å². The molecular weight excluding hydrogens is 140 g/mol. The predicted octanol–water partition coefficient (Wildman–Crippen LogP) is 1.14. The lowest BCUT2D eigenvalue weighted by Gasteiger charge is -2.13. The minimum Gasteiger partial charge on any atom is -0.381 e. The Labute approximate surface area is 65.5 Å². The van der Waals surface area contributed by atoms with Crippen molar-refractivity contribution in [3.05, 3.63) is 11.1 Å². The molecule has 0 saturated carbocycles. The summed E-state index contributed by atoms with van der Waals surface area (Å²) >= 11 is 0. The molecule has 0 radical (unpaired) electrons.